The fraction of sp³-hybridized carbons (Fsp3) is 0.600. The quantitative estimate of drug-likeness (QED) is 0.721. The molecular weight excluding hydrogens is 214 g/mol. The van der Waals surface area contributed by atoms with Crippen molar-refractivity contribution in [1.82, 2.24) is 9.97 Å². The summed E-state index contributed by atoms with van der Waals surface area (Å²) >= 11 is 5.82. The van der Waals surface area contributed by atoms with E-state index in [2.05, 4.69) is 14.9 Å². The van der Waals surface area contributed by atoms with Crippen molar-refractivity contribution in [2.75, 3.05) is 25.2 Å². The van der Waals surface area contributed by atoms with Crippen LogP contribution in [0, 0.1) is 6.92 Å². The van der Waals surface area contributed by atoms with Gasteiger partial charge in [0.1, 0.15) is 5.82 Å². The second kappa shape index (κ2) is 4.33. The minimum Gasteiger partial charge on any atom is -0.379 e. The van der Waals surface area contributed by atoms with Gasteiger partial charge in [-0.05, 0) is 24.9 Å². The first-order valence-electron chi connectivity index (χ1n) is 4.98. The number of rotatable bonds is 2. The summed E-state index contributed by atoms with van der Waals surface area (Å²) in [5.74, 6) is 0.864. The number of aryl methyl sites for hydroxylation is 1. The molecule has 5 heteroatoms. The molecule has 0 spiro atoms. The van der Waals surface area contributed by atoms with Crippen LogP contribution < -0.4 is 4.90 Å². The predicted octanol–water partition coefficient (Wildman–Crippen LogP) is 1.66. The molecule has 2 rings (SSSR count). The minimum absolute atomic E-state index is 0.302. The molecule has 1 aliphatic rings. The van der Waals surface area contributed by atoms with Gasteiger partial charge in [-0.25, -0.2) is 9.97 Å². The summed E-state index contributed by atoms with van der Waals surface area (Å²) in [6.07, 6.45) is 1.04. The van der Waals surface area contributed by atoms with Gasteiger partial charge in [-0.2, -0.15) is 0 Å². The van der Waals surface area contributed by atoms with Crippen LogP contribution in [0.2, 0.25) is 5.28 Å². The zero-order valence-corrected chi connectivity index (χ0v) is 9.66. The van der Waals surface area contributed by atoms with Gasteiger partial charge < -0.3 is 9.64 Å². The van der Waals surface area contributed by atoms with Crippen LogP contribution in [0.4, 0.5) is 5.82 Å². The van der Waals surface area contributed by atoms with Crippen LogP contribution in [-0.4, -0.2) is 36.3 Å². The Morgan fingerprint density at radius 1 is 1.53 bits per heavy atom. The molecule has 1 aromatic rings. The number of ether oxygens (including phenoxy) is 1. The van der Waals surface area contributed by atoms with Crippen molar-refractivity contribution in [2.24, 2.45) is 0 Å². The van der Waals surface area contributed by atoms with Crippen molar-refractivity contribution < 1.29 is 4.74 Å². The summed E-state index contributed by atoms with van der Waals surface area (Å²) in [7, 11) is 2.01. The number of hydrogen-bond acceptors (Lipinski definition) is 4. The number of halogens is 1. The van der Waals surface area contributed by atoms with Crippen molar-refractivity contribution in [1.29, 1.82) is 0 Å². The van der Waals surface area contributed by atoms with Gasteiger partial charge >= 0.3 is 0 Å². The van der Waals surface area contributed by atoms with Gasteiger partial charge in [-0.15, -0.1) is 0 Å². The fourth-order valence-corrected chi connectivity index (χ4v) is 1.93. The number of aromatic nitrogens is 2. The Hall–Kier alpha value is -0.870. The largest absolute Gasteiger partial charge is 0.379 e. The Morgan fingerprint density at radius 2 is 2.33 bits per heavy atom. The lowest BCUT2D eigenvalue weighted by Gasteiger charge is -2.24. The lowest BCUT2D eigenvalue weighted by atomic mass is 10.2. The molecule has 1 aliphatic heterocycles. The van der Waals surface area contributed by atoms with Gasteiger partial charge in [0.15, 0.2) is 0 Å². The van der Waals surface area contributed by atoms with Gasteiger partial charge in [0.2, 0.25) is 5.28 Å². The average Bonchev–Trinajstić information content (AvgIpc) is 2.67. The van der Waals surface area contributed by atoms with Gasteiger partial charge in [0.25, 0.3) is 0 Å². The van der Waals surface area contributed by atoms with Crippen LogP contribution >= 0.6 is 11.6 Å². The van der Waals surface area contributed by atoms with Crippen molar-refractivity contribution in [3.05, 3.63) is 17.0 Å². The normalized spacial score (nSPS) is 20.6. The van der Waals surface area contributed by atoms with Crippen LogP contribution in [0.25, 0.3) is 0 Å². The Kier molecular flexibility index (Phi) is 3.07. The van der Waals surface area contributed by atoms with Crippen molar-refractivity contribution >= 4 is 17.4 Å². The van der Waals surface area contributed by atoms with Crippen LogP contribution in [0.3, 0.4) is 0 Å². The third-order valence-corrected chi connectivity index (χ3v) is 2.80. The maximum atomic E-state index is 5.82. The number of likely N-dealkylation sites (N-methyl/N-ethyl adjacent to an activating group) is 1. The average molecular weight is 228 g/mol. The minimum atomic E-state index is 0.302. The summed E-state index contributed by atoms with van der Waals surface area (Å²) in [5.41, 5.74) is 0.885. The van der Waals surface area contributed by atoms with Crippen molar-refractivity contribution in [3.8, 4) is 0 Å². The Bertz CT molecular complexity index is 332. The second-order valence-electron chi connectivity index (χ2n) is 3.76. The van der Waals surface area contributed by atoms with E-state index in [1.54, 1.807) is 0 Å². The molecule has 1 unspecified atom stereocenters. The molecule has 1 atom stereocenters. The Balaban J connectivity index is 2.20. The Morgan fingerprint density at radius 3 is 2.93 bits per heavy atom. The van der Waals surface area contributed by atoms with E-state index >= 15 is 0 Å². The monoisotopic (exact) mass is 227 g/mol. The lowest BCUT2D eigenvalue weighted by Crippen LogP contribution is -2.32. The van der Waals surface area contributed by atoms with E-state index in [9.17, 15) is 0 Å². The fourth-order valence-electron chi connectivity index (χ4n) is 1.71. The second-order valence-corrected chi connectivity index (χ2v) is 4.10. The van der Waals surface area contributed by atoms with Crippen molar-refractivity contribution in [3.63, 3.8) is 0 Å². The molecule has 15 heavy (non-hydrogen) atoms. The molecule has 0 saturated carbocycles. The van der Waals surface area contributed by atoms with E-state index in [0.29, 0.717) is 11.3 Å². The van der Waals surface area contributed by atoms with E-state index in [4.69, 9.17) is 16.3 Å². The molecule has 0 aromatic carbocycles. The standard InChI is InChI=1S/C10H14ClN3O/c1-7-5-9(13-10(11)12-7)14(2)8-3-4-15-6-8/h5,8H,3-4,6H2,1-2H3. The smallest absolute Gasteiger partial charge is 0.224 e. The van der Waals surface area contributed by atoms with Gasteiger partial charge in [-0.3, -0.25) is 0 Å². The summed E-state index contributed by atoms with van der Waals surface area (Å²) < 4.78 is 5.34. The highest BCUT2D eigenvalue weighted by molar-refractivity contribution is 6.28. The summed E-state index contributed by atoms with van der Waals surface area (Å²) in [6.45, 7) is 3.50. The molecule has 2 heterocycles. The first kappa shape index (κ1) is 10.6. The van der Waals surface area contributed by atoms with E-state index in [-0.39, 0.29) is 0 Å². The van der Waals surface area contributed by atoms with Crippen LogP contribution in [0.15, 0.2) is 6.07 Å². The molecule has 1 saturated heterocycles. The SMILES string of the molecule is Cc1cc(N(C)C2CCOC2)nc(Cl)n1. The van der Waals surface area contributed by atoms with Crippen LogP contribution in [-0.2, 0) is 4.74 Å². The number of anilines is 1. The first-order valence-corrected chi connectivity index (χ1v) is 5.36. The highest BCUT2D eigenvalue weighted by atomic mass is 35.5. The maximum Gasteiger partial charge on any atom is 0.224 e. The van der Waals surface area contributed by atoms with Crippen LogP contribution in [0.1, 0.15) is 12.1 Å². The zero-order valence-electron chi connectivity index (χ0n) is 8.90. The van der Waals surface area contributed by atoms with Gasteiger partial charge in [0, 0.05) is 25.4 Å². The molecule has 1 fully saturated rings. The summed E-state index contributed by atoms with van der Waals surface area (Å²) in [5, 5.41) is 0.302. The maximum absolute atomic E-state index is 5.82. The predicted molar refractivity (Wildman–Crippen MR) is 59.4 cm³/mol. The van der Waals surface area contributed by atoms with Crippen molar-refractivity contribution in [2.45, 2.75) is 19.4 Å². The zero-order chi connectivity index (χ0) is 10.8. The molecule has 82 valence electrons. The summed E-state index contributed by atoms with van der Waals surface area (Å²) in [4.78, 5) is 10.3. The third kappa shape index (κ3) is 2.38. The third-order valence-electron chi connectivity index (χ3n) is 2.63. The number of nitrogens with zero attached hydrogens (tertiary/aromatic N) is 3. The lowest BCUT2D eigenvalue weighted by molar-refractivity contribution is 0.193. The van der Waals surface area contributed by atoms with Gasteiger partial charge in [0.05, 0.1) is 12.6 Å². The molecular formula is C10H14ClN3O. The summed E-state index contributed by atoms with van der Waals surface area (Å²) in [6, 6.07) is 2.33. The Labute approximate surface area is 94.2 Å². The molecule has 0 aliphatic carbocycles. The van der Waals surface area contributed by atoms with E-state index < -0.39 is 0 Å². The van der Waals surface area contributed by atoms with E-state index in [1.165, 1.54) is 0 Å². The molecule has 0 radical (unpaired) electrons. The van der Waals surface area contributed by atoms with Gasteiger partial charge in [-0.1, -0.05) is 0 Å². The van der Waals surface area contributed by atoms with Crippen LogP contribution in [0.5, 0.6) is 0 Å². The topological polar surface area (TPSA) is 38.2 Å². The molecule has 0 amide bonds. The number of hydrogen-bond donors (Lipinski definition) is 0. The molecule has 1 aromatic heterocycles. The first-order chi connectivity index (χ1) is 7.16. The molecule has 4 nitrogen and oxygen atoms in total. The van der Waals surface area contributed by atoms with E-state index in [1.807, 2.05) is 20.0 Å². The molecule has 0 bridgehead atoms. The highest BCUT2D eigenvalue weighted by Crippen LogP contribution is 2.19. The highest BCUT2D eigenvalue weighted by Gasteiger charge is 2.21. The molecule has 0 N–H and O–H groups in total. The van der Waals surface area contributed by atoms with E-state index in [0.717, 1.165) is 31.1 Å².